The minimum Gasteiger partial charge on any atom is -0.493 e. The normalized spacial score (nSPS) is 16.0. The van der Waals surface area contributed by atoms with Gasteiger partial charge in [0.2, 0.25) is 10.0 Å². The van der Waals surface area contributed by atoms with Crippen LogP contribution >= 0.6 is 11.8 Å². The second kappa shape index (κ2) is 9.52. The predicted octanol–water partition coefficient (Wildman–Crippen LogP) is 3.96. The molecule has 0 unspecified atom stereocenters. The number of benzene rings is 1. The molecule has 0 saturated carbocycles. The van der Waals surface area contributed by atoms with E-state index in [0.29, 0.717) is 31.2 Å². The number of pyridine rings is 1. The van der Waals surface area contributed by atoms with Crippen molar-refractivity contribution in [3.63, 3.8) is 0 Å². The van der Waals surface area contributed by atoms with E-state index in [2.05, 4.69) is 4.98 Å². The molecule has 1 aliphatic heterocycles. The van der Waals surface area contributed by atoms with Crippen LogP contribution in [0.3, 0.4) is 0 Å². The molecule has 1 fully saturated rings. The van der Waals surface area contributed by atoms with Crippen molar-refractivity contribution in [2.24, 2.45) is 0 Å². The van der Waals surface area contributed by atoms with Crippen LogP contribution in [-0.2, 0) is 10.0 Å². The average molecular weight is 411 g/mol. The summed E-state index contributed by atoms with van der Waals surface area (Å²) in [6, 6.07) is 9.23. The van der Waals surface area contributed by atoms with Crippen LogP contribution < -0.4 is 4.74 Å². The van der Waals surface area contributed by atoms with E-state index in [1.165, 1.54) is 30.1 Å². The third kappa shape index (κ3) is 5.67. The molecule has 0 aliphatic carbocycles. The molecule has 0 radical (unpaired) electrons. The standard InChI is InChI=1S/C19H23FN2O3S2/c20-16-5-7-17(8-6-16)25-13-14-26-19-10-9-18(15-21-19)27(23,24)22-11-3-1-2-4-12-22/h5-10,15H,1-4,11-14H2. The van der Waals surface area contributed by atoms with Gasteiger partial charge in [0.1, 0.15) is 16.5 Å². The Balaban J connectivity index is 1.51. The van der Waals surface area contributed by atoms with Gasteiger partial charge in [-0.15, -0.1) is 11.8 Å². The van der Waals surface area contributed by atoms with E-state index in [1.807, 2.05) is 0 Å². The molecule has 0 spiro atoms. The highest BCUT2D eigenvalue weighted by molar-refractivity contribution is 7.99. The highest BCUT2D eigenvalue weighted by atomic mass is 32.2. The number of aromatic nitrogens is 1. The number of hydrogen-bond acceptors (Lipinski definition) is 5. The Morgan fingerprint density at radius 2 is 1.74 bits per heavy atom. The Morgan fingerprint density at radius 3 is 2.37 bits per heavy atom. The van der Waals surface area contributed by atoms with Gasteiger partial charge in [-0.1, -0.05) is 12.8 Å². The molecule has 3 rings (SSSR count). The fraction of sp³-hybridized carbons (Fsp3) is 0.421. The fourth-order valence-electron chi connectivity index (χ4n) is 2.87. The van der Waals surface area contributed by atoms with E-state index < -0.39 is 10.0 Å². The van der Waals surface area contributed by atoms with Crippen LogP contribution in [0.5, 0.6) is 5.75 Å². The Labute approximate surface area is 164 Å². The van der Waals surface area contributed by atoms with Gasteiger partial charge < -0.3 is 4.74 Å². The maximum absolute atomic E-state index is 12.8. The first-order valence-electron chi connectivity index (χ1n) is 9.03. The molecule has 5 nitrogen and oxygen atoms in total. The lowest BCUT2D eigenvalue weighted by atomic mass is 10.2. The van der Waals surface area contributed by atoms with Crippen LogP contribution in [0.1, 0.15) is 25.7 Å². The van der Waals surface area contributed by atoms with Crippen LogP contribution in [0.25, 0.3) is 0 Å². The smallest absolute Gasteiger partial charge is 0.244 e. The van der Waals surface area contributed by atoms with Crippen molar-refractivity contribution < 1.29 is 17.5 Å². The number of rotatable bonds is 7. The molecule has 0 atom stereocenters. The number of sulfonamides is 1. The molecule has 27 heavy (non-hydrogen) atoms. The monoisotopic (exact) mass is 410 g/mol. The molecule has 8 heteroatoms. The lowest BCUT2D eigenvalue weighted by Gasteiger charge is -2.19. The zero-order valence-corrected chi connectivity index (χ0v) is 16.6. The van der Waals surface area contributed by atoms with E-state index in [0.717, 1.165) is 30.7 Å². The van der Waals surface area contributed by atoms with E-state index in [4.69, 9.17) is 4.74 Å². The third-order valence-corrected chi connectivity index (χ3v) is 7.12. The summed E-state index contributed by atoms with van der Waals surface area (Å²) in [6.45, 7) is 1.62. The second-order valence-electron chi connectivity index (χ2n) is 6.30. The number of hydrogen-bond donors (Lipinski definition) is 0. The second-order valence-corrected chi connectivity index (χ2v) is 9.35. The molecule has 1 saturated heterocycles. The van der Waals surface area contributed by atoms with Crippen molar-refractivity contribution in [2.45, 2.75) is 35.6 Å². The summed E-state index contributed by atoms with van der Waals surface area (Å²) in [6.07, 6.45) is 5.42. The lowest BCUT2D eigenvalue weighted by molar-refractivity contribution is 0.343. The maximum atomic E-state index is 12.8. The van der Waals surface area contributed by atoms with Gasteiger partial charge in [0.15, 0.2) is 0 Å². The largest absolute Gasteiger partial charge is 0.493 e. The van der Waals surface area contributed by atoms with Gasteiger partial charge >= 0.3 is 0 Å². The molecule has 1 aromatic carbocycles. The highest BCUT2D eigenvalue weighted by Crippen LogP contribution is 2.22. The first-order chi connectivity index (χ1) is 13.1. The van der Waals surface area contributed by atoms with Crippen molar-refractivity contribution >= 4 is 21.8 Å². The minimum absolute atomic E-state index is 0.247. The van der Waals surface area contributed by atoms with E-state index in [1.54, 1.807) is 28.6 Å². The Bertz CT molecular complexity index is 819. The van der Waals surface area contributed by atoms with Crippen LogP contribution in [0.4, 0.5) is 4.39 Å². The van der Waals surface area contributed by atoms with Crippen molar-refractivity contribution in [1.29, 1.82) is 0 Å². The molecule has 2 heterocycles. The van der Waals surface area contributed by atoms with E-state index in [-0.39, 0.29) is 10.7 Å². The van der Waals surface area contributed by atoms with Crippen molar-refractivity contribution in [3.8, 4) is 5.75 Å². The van der Waals surface area contributed by atoms with Gasteiger partial charge in [0.05, 0.1) is 11.6 Å². The molecule has 1 aliphatic rings. The molecule has 146 valence electrons. The van der Waals surface area contributed by atoms with Crippen molar-refractivity contribution in [1.82, 2.24) is 9.29 Å². The van der Waals surface area contributed by atoms with Crippen molar-refractivity contribution in [2.75, 3.05) is 25.4 Å². The van der Waals surface area contributed by atoms with Gasteiger partial charge in [-0.3, -0.25) is 0 Å². The minimum atomic E-state index is -3.46. The third-order valence-electron chi connectivity index (χ3n) is 4.33. The summed E-state index contributed by atoms with van der Waals surface area (Å²) in [5.74, 6) is 0.975. The van der Waals surface area contributed by atoms with Crippen LogP contribution in [0.15, 0.2) is 52.5 Å². The molecule has 1 aromatic heterocycles. The van der Waals surface area contributed by atoms with Gasteiger partial charge in [-0.05, 0) is 49.2 Å². The highest BCUT2D eigenvalue weighted by Gasteiger charge is 2.25. The Morgan fingerprint density at radius 1 is 1.04 bits per heavy atom. The predicted molar refractivity (Wildman–Crippen MR) is 104 cm³/mol. The summed E-state index contributed by atoms with van der Waals surface area (Å²) in [5, 5.41) is 0.743. The average Bonchev–Trinajstić information content (AvgIpc) is 2.97. The zero-order chi connectivity index (χ0) is 19.1. The summed E-state index contributed by atoms with van der Waals surface area (Å²) in [7, 11) is -3.46. The Hall–Kier alpha value is -1.64. The first-order valence-corrected chi connectivity index (χ1v) is 11.5. The molecule has 2 aromatic rings. The molecular weight excluding hydrogens is 387 g/mol. The summed E-state index contributed by atoms with van der Waals surface area (Å²) in [5.41, 5.74) is 0. The van der Waals surface area contributed by atoms with E-state index >= 15 is 0 Å². The van der Waals surface area contributed by atoms with Crippen molar-refractivity contribution in [3.05, 3.63) is 48.4 Å². The summed E-state index contributed by atoms with van der Waals surface area (Å²) >= 11 is 1.48. The van der Waals surface area contributed by atoms with Gasteiger partial charge in [-0.2, -0.15) is 4.31 Å². The van der Waals surface area contributed by atoms with Gasteiger partial charge in [0.25, 0.3) is 0 Å². The number of halogens is 1. The molecule has 0 amide bonds. The topological polar surface area (TPSA) is 59.5 Å². The van der Waals surface area contributed by atoms with Gasteiger partial charge in [0, 0.05) is 25.0 Å². The molecule has 0 N–H and O–H groups in total. The number of thioether (sulfide) groups is 1. The summed E-state index contributed by atoms with van der Waals surface area (Å²) < 4.78 is 45.4. The fourth-order valence-corrected chi connectivity index (χ4v) is 5.00. The SMILES string of the molecule is O=S(=O)(c1ccc(SCCOc2ccc(F)cc2)nc1)N1CCCCCC1. The van der Waals surface area contributed by atoms with E-state index in [9.17, 15) is 12.8 Å². The van der Waals surface area contributed by atoms with Gasteiger partial charge in [-0.25, -0.2) is 17.8 Å². The van der Waals surface area contributed by atoms with Crippen LogP contribution in [-0.4, -0.2) is 43.2 Å². The lowest BCUT2D eigenvalue weighted by Crippen LogP contribution is -2.32. The summed E-state index contributed by atoms with van der Waals surface area (Å²) in [4.78, 5) is 4.52. The zero-order valence-electron chi connectivity index (χ0n) is 15.0. The van der Waals surface area contributed by atoms with Crippen LogP contribution in [0, 0.1) is 5.82 Å². The quantitative estimate of drug-likeness (QED) is 0.511. The Kier molecular flexibility index (Phi) is 7.09. The number of ether oxygens (including phenoxy) is 1. The number of nitrogens with zero attached hydrogens (tertiary/aromatic N) is 2. The van der Waals surface area contributed by atoms with Crippen LogP contribution in [0.2, 0.25) is 0 Å². The molecular formula is C19H23FN2O3S2. The molecule has 0 bridgehead atoms. The first kappa shape index (κ1) is 20.1. The maximum Gasteiger partial charge on any atom is 0.244 e.